The van der Waals surface area contributed by atoms with Gasteiger partial charge in [0.1, 0.15) is 6.54 Å². The Morgan fingerprint density at radius 2 is 1.65 bits per heavy atom. The van der Waals surface area contributed by atoms with Crippen LogP contribution in [-0.4, -0.2) is 73.7 Å². The van der Waals surface area contributed by atoms with Crippen molar-refractivity contribution in [1.82, 2.24) is 15.5 Å². The van der Waals surface area contributed by atoms with Crippen molar-refractivity contribution in [3.05, 3.63) is 0 Å². The average Bonchev–Trinajstić information content (AvgIpc) is 2.44. The molecule has 1 heterocycles. The van der Waals surface area contributed by atoms with E-state index >= 15 is 0 Å². The number of carbonyl (C=O) groups excluding carboxylic acids is 2. The summed E-state index contributed by atoms with van der Waals surface area (Å²) in [4.78, 5) is 35.1. The zero-order valence-corrected chi connectivity index (χ0v) is 11.4. The minimum atomic E-state index is -1.10. The van der Waals surface area contributed by atoms with E-state index in [1.807, 2.05) is 0 Å². The second-order valence-electron chi connectivity index (χ2n) is 4.47. The van der Waals surface area contributed by atoms with E-state index in [1.54, 1.807) is 0 Å². The molecule has 20 heavy (non-hydrogen) atoms. The number of hydrogen-bond acceptors (Lipinski definition) is 5. The highest BCUT2D eigenvalue weighted by Gasteiger charge is 2.11. The van der Waals surface area contributed by atoms with Gasteiger partial charge in [0.15, 0.2) is 0 Å². The lowest BCUT2D eigenvalue weighted by Gasteiger charge is -2.26. The first-order chi connectivity index (χ1) is 9.58. The third-order valence-corrected chi connectivity index (χ3v) is 2.87. The van der Waals surface area contributed by atoms with Crippen LogP contribution in [0.3, 0.4) is 0 Å². The molecule has 0 saturated carbocycles. The van der Waals surface area contributed by atoms with E-state index < -0.39 is 18.4 Å². The first-order valence-electron chi connectivity index (χ1n) is 6.63. The molecule has 1 rings (SSSR count). The molecule has 8 nitrogen and oxygen atoms in total. The van der Waals surface area contributed by atoms with E-state index in [9.17, 15) is 14.4 Å². The van der Waals surface area contributed by atoms with Crippen molar-refractivity contribution in [3.63, 3.8) is 0 Å². The van der Waals surface area contributed by atoms with E-state index in [4.69, 9.17) is 9.84 Å². The maximum Gasteiger partial charge on any atom is 0.322 e. The number of hydrogen-bond donors (Lipinski definition) is 3. The van der Waals surface area contributed by atoms with Crippen LogP contribution >= 0.6 is 0 Å². The summed E-state index contributed by atoms with van der Waals surface area (Å²) in [6.45, 7) is 4.06. The first-order valence-corrected chi connectivity index (χ1v) is 6.63. The van der Waals surface area contributed by atoms with Crippen LogP contribution in [0.2, 0.25) is 0 Å². The zero-order chi connectivity index (χ0) is 14.8. The molecule has 0 aromatic heterocycles. The number of morpholine rings is 1. The molecule has 0 aromatic carbocycles. The Bertz CT molecular complexity index is 342. The topological polar surface area (TPSA) is 108 Å². The van der Waals surface area contributed by atoms with Crippen molar-refractivity contribution in [1.29, 1.82) is 0 Å². The van der Waals surface area contributed by atoms with Gasteiger partial charge < -0.3 is 20.5 Å². The predicted molar refractivity (Wildman–Crippen MR) is 70.1 cm³/mol. The Morgan fingerprint density at radius 3 is 2.25 bits per heavy atom. The Morgan fingerprint density at radius 1 is 1.05 bits per heavy atom. The lowest BCUT2D eigenvalue weighted by Crippen LogP contribution is -2.41. The maximum absolute atomic E-state index is 11.5. The number of carbonyl (C=O) groups is 3. The Hall–Kier alpha value is -1.67. The molecule has 0 spiro atoms. The van der Waals surface area contributed by atoms with Crippen molar-refractivity contribution in [2.24, 2.45) is 0 Å². The first kappa shape index (κ1) is 16.4. The fourth-order valence-corrected chi connectivity index (χ4v) is 1.76. The second kappa shape index (κ2) is 9.27. The highest BCUT2D eigenvalue weighted by atomic mass is 16.5. The number of carboxylic acids is 1. The Labute approximate surface area is 117 Å². The summed E-state index contributed by atoms with van der Waals surface area (Å²) in [5.74, 6) is -1.74. The van der Waals surface area contributed by atoms with Gasteiger partial charge >= 0.3 is 5.97 Å². The molecule has 0 aromatic rings. The summed E-state index contributed by atoms with van der Waals surface area (Å²) in [5.41, 5.74) is 0. The fourth-order valence-electron chi connectivity index (χ4n) is 1.76. The summed E-state index contributed by atoms with van der Waals surface area (Å²) in [7, 11) is 0. The number of ether oxygens (including phenoxy) is 1. The largest absolute Gasteiger partial charge is 0.480 e. The molecule has 0 atom stereocenters. The van der Waals surface area contributed by atoms with Crippen LogP contribution in [0, 0.1) is 0 Å². The summed E-state index contributed by atoms with van der Waals surface area (Å²) >= 11 is 0. The number of nitrogens with zero attached hydrogens (tertiary/aromatic N) is 1. The van der Waals surface area contributed by atoms with Crippen LogP contribution in [-0.2, 0) is 19.1 Å². The van der Waals surface area contributed by atoms with Crippen LogP contribution in [0.4, 0.5) is 0 Å². The van der Waals surface area contributed by atoms with E-state index in [0.29, 0.717) is 6.54 Å². The predicted octanol–water partition coefficient (Wildman–Crippen LogP) is -1.58. The van der Waals surface area contributed by atoms with Crippen LogP contribution in [0.5, 0.6) is 0 Å². The molecule has 2 amide bonds. The molecule has 0 radical (unpaired) electrons. The molecule has 0 unspecified atom stereocenters. The van der Waals surface area contributed by atoms with Crippen LogP contribution < -0.4 is 10.6 Å². The quantitative estimate of drug-likeness (QED) is 0.497. The number of amides is 2. The third-order valence-electron chi connectivity index (χ3n) is 2.87. The third kappa shape index (κ3) is 7.70. The van der Waals surface area contributed by atoms with Gasteiger partial charge in [0.05, 0.1) is 13.2 Å². The molecule has 1 fully saturated rings. The van der Waals surface area contributed by atoms with Crippen molar-refractivity contribution < 1.29 is 24.2 Å². The van der Waals surface area contributed by atoms with E-state index in [0.717, 1.165) is 32.8 Å². The highest BCUT2D eigenvalue weighted by molar-refractivity contribution is 5.85. The van der Waals surface area contributed by atoms with Gasteiger partial charge in [-0.25, -0.2) is 0 Å². The maximum atomic E-state index is 11.5. The van der Waals surface area contributed by atoms with Gasteiger partial charge in [-0.3, -0.25) is 19.3 Å². The van der Waals surface area contributed by atoms with E-state index in [-0.39, 0.29) is 18.7 Å². The van der Waals surface area contributed by atoms with Crippen LogP contribution in [0.15, 0.2) is 0 Å². The number of nitrogens with one attached hydrogen (secondary N) is 2. The molecule has 8 heteroatoms. The normalized spacial score (nSPS) is 15.6. The molecule has 3 N–H and O–H groups in total. The molecular formula is C12H21N3O5. The zero-order valence-electron chi connectivity index (χ0n) is 11.4. The van der Waals surface area contributed by atoms with Crippen molar-refractivity contribution in [2.75, 3.05) is 45.9 Å². The molecule has 114 valence electrons. The average molecular weight is 287 g/mol. The van der Waals surface area contributed by atoms with Gasteiger partial charge in [-0.1, -0.05) is 0 Å². The SMILES string of the molecule is O=C(O)CNC(=O)CCC(=O)NCCN1CCOCC1. The molecular weight excluding hydrogens is 266 g/mol. The molecule has 1 aliphatic rings. The Kier molecular flexibility index (Phi) is 7.59. The summed E-state index contributed by atoms with van der Waals surface area (Å²) in [6, 6.07) is 0. The van der Waals surface area contributed by atoms with Crippen molar-refractivity contribution in [2.45, 2.75) is 12.8 Å². The smallest absolute Gasteiger partial charge is 0.322 e. The van der Waals surface area contributed by atoms with E-state index in [2.05, 4.69) is 15.5 Å². The van der Waals surface area contributed by atoms with Gasteiger partial charge in [0, 0.05) is 39.0 Å². The standard InChI is InChI=1S/C12H21N3O5/c16-10(1-2-11(17)14-9-12(18)19)13-3-4-15-5-7-20-8-6-15/h1-9H2,(H,13,16)(H,14,17)(H,18,19). The van der Waals surface area contributed by atoms with Gasteiger partial charge in [0.25, 0.3) is 0 Å². The monoisotopic (exact) mass is 287 g/mol. The number of carboxylic acid groups (broad SMARTS) is 1. The number of aliphatic carboxylic acids is 1. The molecule has 1 aliphatic heterocycles. The summed E-state index contributed by atoms with van der Waals surface area (Å²) < 4.78 is 5.22. The van der Waals surface area contributed by atoms with Gasteiger partial charge in [-0.15, -0.1) is 0 Å². The van der Waals surface area contributed by atoms with Gasteiger partial charge in [-0.05, 0) is 0 Å². The Balaban J connectivity index is 2.02. The van der Waals surface area contributed by atoms with E-state index in [1.165, 1.54) is 0 Å². The van der Waals surface area contributed by atoms with Crippen molar-refractivity contribution in [3.8, 4) is 0 Å². The second-order valence-corrected chi connectivity index (χ2v) is 4.47. The number of rotatable bonds is 8. The molecule has 1 saturated heterocycles. The summed E-state index contributed by atoms with van der Waals surface area (Å²) in [5, 5.41) is 13.3. The lowest BCUT2D eigenvalue weighted by atomic mass is 10.3. The minimum absolute atomic E-state index is 0.00331. The van der Waals surface area contributed by atoms with Gasteiger partial charge in [-0.2, -0.15) is 0 Å². The highest BCUT2D eigenvalue weighted by Crippen LogP contribution is 1.95. The van der Waals surface area contributed by atoms with Gasteiger partial charge in [0.2, 0.25) is 11.8 Å². The molecule has 0 bridgehead atoms. The van der Waals surface area contributed by atoms with Crippen LogP contribution in [0.25, 0.3) is 0 Å². The minimum Gasteiger partial charge on any atom is -0.480 e. The van der Waals surface area contributed by atoms with Crippen LogP contribution in [0.1, 0.15) is 12.8 Å². The van der Waals surface area contributed by atoms with Crippen molar-refractivity contribution >= 4 is 17.8 Å². The lowest BCUT2D eigenvalue weighted by molar-refractivity contribution is -0.138. The summed E-state index contributed by atoms with van der Waals surface area (Å²) in [6.07, 6.45) is 0.0607. The molecule has 0 aliphatic carbocycles. The fraction of sp³-hybridized carbons (Fsp3) is 0.750.